The van der Waals surface area contributed by atoms with Crippen LogP contribution in [-0.2, 0) is 9.59 Å². The fraction of sp³-hybridized carbons (Fsp3) is 0.111. The maximum Gasteiger partial charge on any atom is 0.251 e. The van der Waals surface area contributed by atoms with Gasteiger partial charge in [0.1, 0.15) is 6.04 Å². The van der Waals surface area contributed by atoms with Crippen molar-refractivity contribution < 1.29 is 9.59 Å². The van der Waals surface area contributed by atoms with E-state index in [4.69, 9.17) is 0 Å². The number of anilines is 1. The van der Waals surface area contributed by atoms with Gasteiger partial charge in [-0.15, -0.1) is 0 Å². The Hall–Kier alpha value is -1.84. The molecule has 0 aromatic heterocycles. The largest absolute Gasteiger partial charge is 0.343 e. The topological polar surface area (TPSA) is 58.2 Å². The van der Waals surface area contributed by atoms with E-state index in [2.05, 4.69) is 10.6 Å². The Bertz CT molecular complexity index is 362. The second kappa shape index (κ2) is 2.90. The van der Waals surface area contributed by atoms with Crippen LogP contribution in [0.1, 0.15) is 11.6 Å². The molecule has 0 radical (unpaired) electrons. The van der Waals surface area contributed by atoms with E-state index >= 15 is 0 Å². The van der Waals surface area contributed by atoms with E-state index < -0.39 is 6.04 Å². The van der Waals surface area contributed by atoms with Crippen LogP contribution in [0.3, 0.4) is 0 Å². The molecule has 2 amide bonds. The molecule has 0 unspecified atom stereocenters. The molecule has 1 heterocycles. The van der Waals surface area contributed by atoms with E-state index in [0.29, 0.717) is 6.41 Å². The SMILES string of the molecule is O=CN[C@@H]1C(=O)Nc2ccccc21. The van der Waals surface area contributed by atoms with Gasteiger partial charge in [0.25, 0.3) is 5.91 Å². The summed E-state index contributed by atoms with van der Waals surface area (Å²) < 4.78 is 0. The Morgan fingerprint density at radius 2 is 2.15 bits per heavy atom. The van der Waals surface area contributed by atoms with Gasteiger partial charge in [0, 0.05) is 11.3 Å². The molecule has 0 saturated carbocycles. The summed E-state index contributed by atoms with van der Waals surface area (Å²) in [5, 5.41) is 5.13. The van der Waals surface area contributed by atoms with Gasteiger partial charge >= 0.3 is 0 Å². The van der Waals surface area contributed by atoms with Crippen molar-refractivity contribution in [1.29, 1.82) is 0 Å². The third-order valence-corrected chi connectivity index (χ3v) is 2.03. The summed E-state index contributed by atoms with van der Waals surface area (Å²) >= 11 is 0. The number of nitrogens with one attached hydrogen (secondary N) is 2. The lowest BCUT2D eigenvalue weighted by molar-refractivity contribution is -0.120. The molecule has 1 aromatic carbocycles. The molecule has 1 atom stereocenters. The van der Waals surface area contributed by atoms with Crippen LogP contribution in [0, 0.1) is 0 Å². The Kier molecular flexibility index (Phi) is 1.73. The first-order chi connectivity index (χ1) is 6.33. The van der Waals surface area contributed by atoms with Crippen LogP contribution in [-0.4, -0.2) is 12.3 Å². The minimum atomic E-state index is -0.534. The van der Waals surface area contributed by atoms with Crippen LogP contribution in [0.2, 0.25) is 0 Å². The number of hydrogen-bond acceptors (Lipinski definition) is 2. The number of amides is 2. The number of hydrogen-bond donors (Lipinski definition) is 2. The van der Waals surface area contributed by atoms with E-state index in [1.54, 1.807) is 6.07 Å². The normalized spacial score (nSPS) is 19.1. The summed E-state index contributed by atoms with van der Waals surface area (Å²) in [6.45, 7) is 0. The van der Waals surface area contributed by atoms with Gasteiger partial charge in [-0.2, -0.15) is 0 Å². The van der Waals surface area contributed by atoms with Crippen molar-refractivity contribution in [3.05, 3.63) is 29.8 Å². The van der Waals surface area contributed by atoms with Crippen molar-refractivity contribution in [3.63, 3.8) is 0 Å². The maximum absolute atomic E-state index is 11.3. The van der Waals surface area contributed by atoms with E-state index in [1.165, 1.54) is 0 Å². The number of benzene rings is 1. The Morgan fingerprint density at radius 3 is 2.92 bits per heavy atom. The minimum Gasteiger partial charge on any atom is -0.343 e. The molecule has 0 fully saturated rings. The van der Waals surface area contributed by atoms with Gasteiger partial charge in [-0.05, 0) is 6.07 Å². The van der Waals surface area contributed by atoms with Gasteiger partial charge in [0.05, 0.1) is 0 Å². The van der Waals surface area contributed by atoms with Crippen LogP contribution in [0.5, 0.6) is 0 Å². The molecular weight excluding hydrogens is 168 g/mol. The zero-order valence-corrected chi connectivity index (χ0v) is 6.78. The zero-order valence-electron chi connectivity index (χ0n) is 6.78. The fourth-order valence-corrected chi connectivity index (χ4v) is 1.44. The van der Waals surface area contributed by atoms with Crippen molar-refractivity contribution in [2.45, 2.75) is 6.04 Å². The first-order valence-electron chi connectivity index (χ1n) is 3.92. The molecule has 4 heteroatoms. The third kappa shape index (κ3) is 1.16. The van der Waals surface area contributed by atoms with E-state index in [1.807, 2.05) is 18.2 Å². The summed E-state index contributed by atoms with van der Waals surface area (Å²) in [5.41, 5.74) is 1.59. The molecule has 1 aliphatic rings. The van der Waals surface area contributed by atoms with Gasteiger partial charge in [-0.1, -0.05) is 18.2 Å². The van der Waals surface area contributed by atoms with E-state index in [-0.39, 0.29) is 5.91 Å². The molecule has 2 rings (SSSR count). The van der Waals surface area contributed by atoms with Gasteiger partial charge < -0.3 is 10.6 Å². The van der Waals surface area contributed by atoms with Crippen molar-refractivity contribution in [2.75, 3.05) is 5.32 Å². The highest BCUT2D eigenvalue weighted by Gasteiger charge is 2.29. The summed E-state index contributed by atoms with van der Waals surface area (Å²) in [7, 11) is 0. The molecular formula is C9H8N2O2. The van der Waals surface area contributed by atoms with Gasteiger partial charge in [-0.25, -0.2) is 0 Å². The molecule has 0 saturated heterocycles. The highest BCUT2D eigenvalue weighted by molar-refractivity contribution is 6.03. The van der Waals surface area contributed by atoms with Crippen molar-refractivity contribution in [1.82, 2.24) is 5.32 Å². The fourth-order valence-electron chi connectivity index (χ4n) is 1.44. The molecule has 1 aromatic rings. The summed E-state index contributed by atoms with van der Waals surface area (Å²) in [6.07, 6.45) is 0.534. The Labute approximate surface area is 74.9 Å². The third-order valence-electron chi connectivity index (χ3n) is 2.03. The molecule has 4 nitrogen and oxygen atoms in total. The standard InChI is InChI=1S/C9H8N2O2/c12-5-10-8-6-3-1-2-4-7(6)11-9(8)13/h1-5,8H,(H,10,12)(H,11,13)/t8-/m0/s1. The second-order valence-electron chi connectivity index (χ2n) is 2.79. The molecule has 66 valence electrons. The van der Waals surface area contributed by atoms with Crippen LogP contribution in [0.4, 0.5) is 5.69 Å². The first kappa shape index (κ1) is 7.79. The average molecular weight is 176 g/mol. The molecule has 0 bridgehead atoms. The highest BCUT2D eigenvalue weighted by Crippen LogP contribution is 2.29. The lowest BCUT2D eigenvalue weighted by Crippen LogP contribution is -2.26. The number of fused-ring (bicyclic) bond motifs is 1. The molecule has 13 heavy (non-hydrogen) atoms. The summed E-state index contributed by atoms with van der Waals surface area (Å²) in [6, 6.07) is 6.75. The lowest BCUT2D eigenvalue weighted by Gasteiger charge is -2.05. The van der Waals surface area contributed by atoms with Gasteiger partial charge in [-0.3, -0.25) is 9.59 Å². The van der Waals surface area contributed by atoms with Crippen molar-refractivity contribution >= 4 is 18.0 Å². The Morgan fingerprint density at radius 1 is 1.38 bits per heavy atom. The van der Waals surface area contributed by atoms with Crippen molar-refractivity contribution in [3.8, 4) is 0 Å². The van der Waals surface area contributed by atoms with Crippen molar-refractivity contribution in [2.24, 2.45) is 0 Å². The summed E-state index contributed by atoms with van der Waals surface area (Å²) in [5.74, 6) is -0.187. The first-order valence-corrected chi connectivity index (χ1v) is 3.92. The summed E-state index contributed by atoms with van der Waals surface area (Å²) in [4.78, 5) is 21.5. The monoisotopic (exact) mass is 176 g/mol. The molecule has 1 aliphatic heterocycles. The van der Waals surface area contributed by atoms with Gasteiger partial charge in [0.15, 0.2) is 0 Å². The Balaban J connectivity index is 2.40. The smallest absolute Gasteiger partial charge is 0.251 e. The molecule has 2 N–H and O–H groups in total. The zero-order chi connectivity index (χ0) is 9.26. The van der Waals surface area contributed by atoms with Crippen LogP contribution in [0.25, 0.3) is 0 Å². The minimum absolute atomic E-state index is 0.187. The van der Waals surface area contributed by atoms with E-state index in [0.717, 1.165) is 11.3 Å². The lowest BCUT2D eigenvalue weighted by atomic mass is 10.1. The van der Waals surface area contributed by atoms with Crippen LogP contribution < -0.4 is 10.6 Å². The number of rotatable bonds is 2. The van der Waals surface area contributed by atoms with Crippen LogP contribution >= 0.6 is 0 Å². The predicted molar refractivity (Wildman–Crippen MR) is 47.0 cm³/mol. The second-order valence-corrected chi connectivity index (χ2v) is 2.79. The number of para-hydroxylation sites is 1. The molecule has 0 aliphatic carbocycles. The predicted octanol–water partition coefficient (Wildman–Crippen LogP) is 0.426. The van der Waals surface area contributed by atoms with Crippen LogP contribution in [0.15, 0.2) is 24.3 Å². The highest BCUT2D eigenvalue weighted by atomic mass is 16.2. The quantitative estimate of drug-likeness (QED) is 0.642. The number of carbonyl (C=O) groups is 2. The van der Waals surface area contributed by atoms with Gasteiger partial charge in [0.2, 0.25) is 6.41 Å². The van der Waals surface area contributed by atoms with E-state index in [9.17, 15) is 9.59 Å². The average Bonchev–Trinajstić information content (AvgIpc) is 2.44. The molecule has 0 spiro atoms. The number of carbonyl (C=O) groups excluding carboxylic acids is 2. The maximum atomic E-state index is 11.3.